The third-order valence-electron chi connectivity index (χ3n) is 0.756. The molecule has 0 radical (unpaired) electrons. The fraction of sp³-hybridized carbons (Fsp3) is 0.250. The molecule has 0 aromatic heterocycles. The Balaban J connectivity index is 0.000000218. The lowest BCUT2D eigenvalue weighted by atomic mass is 10.4. The van der Waals surface area contributed by atoms with Gasteiger partial charge in [-0.1, -0.05) is 18.2 Å². The van der Waals surface area contributed by atoms with Gasteiger partial charge in [0.15, 0.2) is 0 Å². The first kappa shape index (κ1) is 11.0. The Morgan fingerprint density at radius 2 is 1.73 bits per heavy atom. The van der Waals surface area contributed by atoms with Crippen molar-refractivity contribution in [2.45, 2.75) is 17.6 Å². The quantitative estimate of drug-likeness (QED) is 0.472. The molecule has 0 aliphatic heterocycles. The maximum absolute atomic E-state index is 5.07. The topological polar surface area (TPSA) is 26.0 Å². The molecule has 2 atom stereocenters. The first-order valence-electron chi connectivity index (χ1n) is 3.38. The first-order valence-corrected chi connectivity index (χ1v) is 4.49. The van der Waals surface area contributed by atoms with E-state index in [0.29, 0.717) is 0 Å². The maximum atomic E-state index is 5.07. The normalized spacial score (nSPS) is 11.3. The number of hydrogen-bond donors (Lipinski definition) is 2. The van der Waals surface area contributed by atoms with E-state index in [1.807, 2.05) is 37.3 Å². The number of benzene rings is 1. The molecule has 62 valence electrons. The van der Waals surface area contributed by atoms with Crippen molar-refractivity contribution in [1.82, 2.24) is 0 Å². The SMILES string of the molecule is CC(N)P.Sc1ccccc1. The summed E-state index contributed by atoms with van der Waals surface area (Å²) in [5, 5.41) is 0. The fourth-order valence-electron chi connectivity index (χ4n) is 0.428. The lowest BCUT2D eigenvalue weighted by Crippen LogP contribution is -2.02. The van der Waals surface area contributed by atoms with Crippen molar-refractivity contribution >= 4 is 21.9 Å². The van der Waals surface area contributed by atoms with E-state index in [0.717, 1.165) is 4.90 Å². The second kappa shape index (κ2) is 6.66. The lowest BCUT2D eigenvalue weighted by Gasteiger charge is -1.81. The van der Waals surface area contributed by atoms with Crippen LogP contribution in [-0.2, 0) is 0 Å². The van der Waals surface area contributed by atoms with Gasteiger partial charge in [-0.25, -0.2) is 0 Å². The van der Waals surface area contributed by atoms with Gasteiger partial charge < -0.3 is 5.73 Å². The Labute approximate surface area is 76.0 Å². The van der Waals surface area contributed by atoms with E-state index in [2.05, 4.69) is 21.9 Å². The van der Waals surface area contributed by atoms with Crippen molar-refractivity contribution in [2.75, 3.05) is 0 Å². The van der Waals surface area contributed by atoms with Crippen LogP contribution in [-0.4, -0.2) is 5.78 Å². The largest absolute Gasteiger partial charge is 0.325 e. The number of rotatable bonds is 0. The Bertz CT molecular complexity index is 174. The highest BCUT2D eigenvalue weighted by molar-refractivity contribution is 7.80. The van der Waals surface area contributed by atoms with E-state index < -0.39 is 0 Å². The molecule has 0 saturated carbocycles. The third-order valence-corrected chi connectivity index (χ3v) is 1.05. The Morgan fingerprint density at radius 3 is 1.91 bits per heavy atom. The van der Waals surface area contributed by atoms with Crippen LogP contribution in [0.2, 0.25) is 0 Å². The van der Waals surface area contributed by atoms with Crippen LogP contribution in [0.15, 0.2) is 35.2 Å². The summed E-state index contributed by atoms with van der Waals surface area (Å²) in [6, 6.07) is 9.79. The molecule has 1 nitrogen and oxygen atoms in total. The summed E-state index contributed by atoms with van der Waals surface area (Å²) in [5.41, 5.74) is 5.07. The standard InChI is InChI=1S/C6H6S.C2H8NP/c7-6-4-2-1-3-5-6;1-2(3)4/h1-5,7H;2H,3-4H2,1H3. The van der Waals surface area contributed by atoms with Gasteiger partial charge in [-0.3, -0.25) is 0 Å². The minimum Gasteiger partial charge on any atom is -0.325 e. The highest BCUT2D eigenvalue weighted by atomic mass is 32.1. The van der Waals surface area contributed by atoms with Crippen molar-refractivity contribution in [3.63, 3.8) is 0 Å². The van der Waals surface area contributed by atoms with Gasteiger partial charge in [0, 0.05) is 10.7 Å². The van der Waals surface area contributed by atoms with E-state index in [4.69, 9.17) is 5.73 Å². The molecule has 0 spiro atoms. The van der Waals surface area contributed by atoms with Crippen LogP contribution in [0.25, 0.3) is 0 Å². The summed E-state index contributed by atoms with van der Waals surface area (Å²) in [7, 11) is 2.44. The smallest absolute Gasteiger partial charge is 0.0156 e. The molecule has 11 heavy (non-hydrogen) atoms. The minimum absolute atomic E-state index is 0.250. The molecule has 0 aliphatic carbocycles. The van der Waals surface area contributed by atoms with Crippen LogP contribution in [0.3, 0.4) is 0 Å². The highest BCUT2D eigenvalue weighted by Gasteiger charge is 1.73. The molecule has 0 heterocycles. The number of nitrogens with two attached hydrogens (primary N) is 1. The van der Waals surface area contributed by atoms with E-state index in [1.165, 1.54) is 0 Å². The highest BCUT2D eigenvalue weighted by Crippen LogP contribution is 2.00. The molecule has 3 heteroatoms. The predicted octanol–water partition coefficient (Wildman–Crippen LogP) is 2.14. The molecule has 0 aliphatic rings. The zero-order valence-corrected chi connectivity index (χ0v) is 8.62. The molecular weight excluding hydrogens is 173 g/mol. The summed E-state index contributed by atoms with van der Waals surface area (Å²) in [6.45, 7) is 1.91. The number of thiol groups is 1. The van der Waals surface area contributed by atoms with E-state index >= 15 is 0 Å². The molecule has 1 aromatic rings. The molecule has 1 aromatic carbocycles. The van der Waals surface area contributed by atoms with Crippen molar-refractivity contribution in [2.24, 2.45) is 5.73 Å². The van der Waals surface area contributed by atoms with Crippen molar-refractivity contribution in [1.29, 1.82) is 0 Å². The second-order valence-electron chi connectivity index (χ2n) is 2.19. The summed E-state index contributed by atoms with van der Waals surface area (Å²) >= 11 is 4.08. The molecule has 1 rings (SSSR count). The zero-order valence-electron chi connectivity index (χ0n) is 6.57. The van der Waals surface area contributed by atoms with E-state index in [1.54, 1.807) is 0 Å². The average molecular weight is 187 g/mol. The molecular formula is C8H14NPS. The zero-order chi connectivity index (χ0) is 8.69. The minimum atomic E-state index is 0.250. The molecule has 0 amide bonds. The summed E-state index contributed by atoms with van der Waals surface area (Å²) in [5.74, 6) is 0.250. The monoisotopic (exact) mass is 187 g/mol. The summed E-state index contributed by atoms with van der Waals surface area (Å²) < 4.78 is 0. The van der Waals surface area contributed by atoms with Crippen LogP contribution < -0.4 is 5.73 Å². The van der Waals surface area contributed by atoms with Crippen LogP contribution >= 0.6 is 21.9 Å². The van der Waals surface area contributed by atoms with Crippen LogP contribution in [0, 0.1) is 0 Å². The molecule has 0 bridgehead atoms. The van der Waals surface area contributed by atoms with Crippen molar-refractivity contribution in [3.8, 4) is 0 Å². The first-order chi connectivity index (χ1) is 5.13. The molecule has 0 saturated heterocycles. The van der Waals surface area contributed by atoms with Crippen molar-refractivity contribution < 1.29 is 0 Å². The maximum Gasteiger partial charge on any atom is 0.0156 e. The third kappa shape index (κ3) is 9.96. The van der Waals surface area contributed by atoms with Crippen LogP contribution in [0.1, 0.15) is 6.92 Å². The Hall–Kier alpha value is -0.0400. The van der Waals surface area contributed by atoms with E-state index in [-0.39, 0.29) is 5.78 Å². The van der Waals surface area contributed by atoms with Gasteiger partial charge in [-0.2, -0.15) is 0 Å². The Morgan fingerprint density at radius 1 is 1.36 bits per heavy atom. The second-order valence-corrected chi connectivity index (χ2v) is 3.76. The van der Waals surface area contributed by atoms with Gasteiger partial charge in [-0.15, -0.1) is 21.9 Å². The van der Waals surface area contributed by atoms with Gasteiger partial charge in [0.25, 0.3) is 0 Å². The van der Waals surface area contributed by atoms with Gasteiger partial charge in [0.1, 0.15) is 0 Å². The Kier molecular flexibility index (Phi) is 6.63. The van der Waals surface area contributed by atoms with Crippen molar-refractivity contribution in [3.05, 3.63) is 30.3 Å². The molecule has 2 unspecified atom stereocenters. The van der Waals surface area contributed by atoms with Crippen LogP contribution in [0.5, 0.6) is 0 Å². The summed E-state index contributed by atoms with van der Waals surface area (Å²) in [4.78, 5) is 1.02. The van der Waals surface area contributed by atoms with Gasteiger partial charge in [0.05, 0.1) is 0 Å². The predicted molar refractivity (Wildman–Crippen MR) is 57.1 cm³/mol. The molecule has 0 fully saturated rings. The fourth-order valence-corrected chi connectivity index (χ4v) is 0.600. The van der Waals surface area contributed by atoms with Gasteiger partial charge in [-0.05, 0) is 19.1 Å². The van der Waals surface area contributed by atoms with Crippen LogP contribution in [0.4, 0.5) is 0 Å². The van der Waals surface area contributed by atoms with Gasteiger partial charge >= 0.3 is 0 Å². The van der Waals surface area contributed by atoms with E-state index in [9.17, 15) is 0 Å². The number of hydrogen-bond acceptors (Lipinski definition) is 2. The summed E-state index contributed by atoms with van der Waals surface area (Å²) in [6.07, 6.45) is 0. The molecule has 2 N–H and O–H groups in total. The van der Waals surface area contributed by atoms with Gasteiger partial charge in [0.2, 0.25) is 0 Å². The lowest BCUT2D eigenvalue weighted by molar-refractivity contribution is 1.05. The average Bonchev–Trinajstić information content (AvgIpc) is 1.87.